The minimum absolute atomic E-state index is 0.0284. The Labute approximate surface area is 111 Å². The van der Waals surface area contributed by atoms with E-state index in [0.29, 0.717) is 12.3 Å². The number of anilines is 1. The molecule has 1 aromatic carbocycles. The third-order valence-electron chi connectivity index (χ3n) is 3.09. The van der Waals surface area contributed by atoms with Gasteiger partial charge in [0.05, 0.1) is 23.6 Å². The smallest absolute Gasteiger partial charge is 0.237 e. The minimum Gasteiger partial charge on any atom is -0.394 e. The van der Waals surface area contributed by atoms with Crippen LogP contribution in [0.5, 0.6) is 0 Å². The molecule has 0 bridgehead atoms. The Morgan fingerprint density at radius 2 is 2.22 bits per heavy atom. The molecule has 2 rings (SSSR count). The number of fused-ring (bicyclic) bond motifs is 1. The van der Waals surface area contributed by atoms with E-state index in [-0.39, 0.29) is 12.5 Å². The third kappa shape index (κ3) is 2.25. The van der Waals surface area contributed by atoms with E-state index in [1.165, 1.54) is 11.8 Å². The Balaban J connectivity index is 2.52. The summed E-state index contributed by atoms with van der Waals surface area (Å²) in [7, 11) is 0. The lowest BCUT2D eigenvalue weighted by Gasteiger charge is -2.40. The number of carbonyl (C=O) groups excluding carboxylic acids is 1. The number of aliphatic hydroxyl groups excluding tert-OH is 1. The molecular weight excluding hydrogens is 248 g/mol. The number of rotatable bonds is 3. The molecule has 1 aliphatic rings. The zero-order chi connectivity index (χ0) is 13.3. The fourth-order valence-electron chi connectivity index (χ4n) is 2.06. The van der Waals surface area contributed by atoms with Crippen molar-refractivity contribution in [3.8, 4) is 0 Å². The molecule has 0 unspecified atom stereocenters. The summed E-state index contributed by atoms with van der Waals surface area (Å²) in [6.07, 6.45) is 0. The van der Waals surface area contributed by atoms with Gasteiger partial charge < -0.3 is 15.7 Å². The molecule has 4 nitrogen and oxygen atoms in total. The average molecular weight is 266 g/mol. The van der Waals surface area contributed by atoms with Crippen LogP contribution in [0.15, 0.2) is 23.1 Å². The molecular formula is C13H18N2O2S. The van der Waals surface area contributed by atoms with Gasteiger partial charge in [-0.25, -0.2) is 0 Å². The summed E-state index contributed by atoms with van der Waals surface area (Å²) in [5.74, 6) is 0.444. The lowest BCUT2D eigenvalue weighted by molar-refractivity contribution is -0.117. The van der Waals surface area contributed by atoms with Gasteiger partial charge in [-0.1, -0.05) is 6.07 Å². The number of nitrogens with zero attached hydrogens (tertiary/aromatic N) is 1. The summed E-state index contributed by atoms with van der Waals surface area (Å²) in [5.41, 5.74) is 6.90. The summed E-state index contributed by atoms with van der Waals surface area (Å²) >= 11 is 1.53. The largest absolute Gasteiger partial charge is 0.394 e. The molecule has 0 fully saturated rings. The van der Waals surface area contributed by atoms with Crippen molar-refractivity contribution in [2.75, 3.05) is 17.3 Å². The van der Waals surface area contributed by atoms with E-state index in [9.17, 15) is 9.90 Å². The van der Waals surface area contributed by atoms with Gasteiger partial charge in [0.1, 0.15) is 0 Å². The van der Waals surface area contributed by atoms with E-state index in [1.807, 2.05) is 32.0 Å². The predicted octanol–water partition coefficient (Wildman–Crippen LogP) is 1.35. The van der Waals surface area contributed by atoms with Crippen molar-refractivity contribution in [1.82, 2.24) is 0 Å². The normalized spacial score (nSPS) is 15.8. The highest BCUT2D eigenvalue weighted by Gasteiger charge is 2.35. The Kier molecular flexibility index (Phi) is 3.66. The van der Waals surface area contributed by atoms with E-state index in [0.717, 1.165) is 16.1 Å². The van der Waals surface area contributed by atoms with Crippen molar-refractivity contribution in [2.45, 2.75) is 30.8 Å². The van der Waals surface area contributed by atoms with Crippen molar-refractivity contribution in [2.24, 2.45) is 5.73 Å². The zero-order valence-corrected chi connectivity index (χ0v) is 11.5. The molecule has 1 aliphatic heterocycles. The first kappa shape index (κ1) is 13.4. The number of hydrogen-bond donors (Lipinski definition) is 2. The highest BCUT2D eigenvalue weighted by atomic mass is 32.2. The summed E-state index contributed by atoms with van der Waals surface area (Å²) < 4.78 is 0. The maximum Gasteiger partial charge on any atom is 0.237 e. The van der Waals surface area contributed by atoms with Gasteiger partial charge in [0, 0.05) is 11.4 Å². The average Bonchev–Trinajstić information content (AvgIpc) is 2.37. The van der Waals surface area contributed by atoms with E-state index >= 15 is 0 Å². The molecule has 98 valence electrons. The van der Waals surface area contributed by atoms with Crippen LogP contribution >= 0.6 is 11.8 Å². The summed E-state index contributed by atoms with van der Waals surface area (Å²) in [4.78, 5) is 14.9. The van der Waals surface area contributed by atoms with Crippen molar-refractivity contribution in [3.05, 3.63) is 23.8 Å². The van der Waals surface area contributed by atoms with Crippen LogP contribution < -0.4 is 10.6 Å². The van der Waals surface area contributed by atoms with Crippen molar-refractivity contribution >= 4 is 23.4 Å². The monoisotopic (exact) mass is 266 g/mol. The molecule has 0 spiro atoms. The second-order valence-electron chi connectivity index (χ2n) is 4.99. The van der Waals surface area contributed by atoms with Gasteiger partial charge in [0.25, 0.3) is 0 Å². The van der Waals surface area contributed by atoms with E-state index in [4.69, 9.17) is 5.73 Å². The van der Waals surface area contributed by atoms with Crippen LogP contribution in [0.2, 0.25) is 0 Å². The number of amides is 1. The van der Waals surface area contributed by atoms with Gasteiger partial charge in [-0.2, -0.15) is 0 Å². The number of aliphatic hydroxyl groups is 1. The third-order valence-corrected chi connectivity index (χ3v) is 4.14. The highest BCUT2D eigenvalue weighted by molar-refractivity contribution is 8.00. The Bertz CT molecular complexity index is 474. The van der Waals surface area contributed by atoms with E-state index in [1.54, 1.807) is 4.90 Å². The molecule has 0 atom stereocenters. The number of carbonyl (C=O) groups is 1. The molecule has 1 amide bonds. The maximum atomic E-state index is 12.1. The summed E-state index contributed by atoms with van der Waals surface area (Å²) in [6.45, 7) is 4.09. The second kappa shape index (κ2) is 4.91. The van der Waals surface area contributed by atoms with Gasteiger partial charge >= 0.3 is 0 Å². The van der Waals surface area contributed by atoms with E-state index < -0.39 is 5.54 Å². The second-order valence-corrected chi connectivity index (χ2v) is 6.01. The fraction of sp³-hybridized carbons (Fsp3) is 0.462. The molecule has 5 heteroatoms. The molecule has 0 aromatic heterocycles. The Morgan fingerprint density at radius 1 is 1.50 bits per heavy atom. The molecule has 1 heterocycles. The van der Waals surface area contributed by atoms with Crippen LogP contribution in [0.3, 0.4) is 0 Å². The van der Waals surface area contributed by atoms with Crippen LogP contribution in [0, 0.1) is 0 Å². The number of nitrogens with two attached hydrogens (primary N) is 1. The molecule has 1 aromatic rings. The SMILES string of the molecule is CC(C)(CO)N1C(=O)CSc2ccc(CN)cc21. The van der Waals surface area contributed by atoms with Crippen LogP contribution in [-0.4, -0.2) is 28.9 Å². The summed E-state index contributed by atoms with van der Waals surface area (Å²) in [6, 6.07) is 5.91. The molecule has 0 saturated heterocycles. The fourth-order valence-corrected chi connectivity index (χ4v) is 2.93. The van der Waals surface area contributed by atoms with Gasteiger partial charge in [-0.3, -0.25) is 4.79 Å². The molecule has 0 saturated carbocycles. The lowest BCUT2D eigenvalue weighted by atomic mass is 10.0. The van der Waals surface area contributed by atoms with Crippen molar-refractivity contribution in [1.29, 1.82) is 0 Å². The first-order valence-electron chi connectivity index (χ1n) is 5.89. The molecule has 0 aliphatic carbocycles. The molecule has 0 radical (unpaired) electrons. The Morgan fingerprint density at radius 3 is 2.83 bits per heavy atom. The highest BCUT2D eigenvalue weighted by Crippen LogP contribution is 2.39. The van der Waals surface area contributed by atoms with Crippen LogP contribution in [0.1, 0.15) is 19.4 Å². The standard InChI is InChI=1S/C13H18N2O2S/c1-13(2,8-16)15-10-5-9(6-14)3-4-11(10)18-7-12(15)17/h3-5,16H,6-8,14H2,1-2H3. The lowest BCUT2D eigenvalue weighted by Crippen LogP contribution is -2.52. The first-order chi connectivity index (χ1) is 8.49. The predicted molar refractivity (Wildman–Crippen MR) is 73.7 cm³/mol. The van der Waals surface area contributed by atoms with Crippen LogP contribution in [-0.2, 0) is 11.3 Å². The maximum absolute atomic E-state index is 12.1. The zero-order valence-electron chi connectivity index (χ0n) is 10.6. The topological polar surface area (TPSA) is 66.6 Å². The Hall–Kier alpha value is -1.04. The van der Waals surface area contributed by atoms with E-state index in [2.05, 4.69) is 0 Å². The van der Waals surface area contributed by atoms with Gasteiger partial charge in [0.2, 0.25) is 5.91 Å². The minimum atomic E-state index is -0.597. The van der Waals surface area contributed by atoms with Gasteiger partial charge in [0.15, 0.2) is 0 Å². The van der Waals surface area contributed by atoms with Crippen LogP contribution in [0.25, 0.3) is 0 Å². The summed E-state index contributed by atoms with van der Waals surface area (Å²) in [5, 5.41) is 9.49. The molecule has 3 N–H and O–H groups in total. The number of hydrogen-bond acceptors (Lipinski definition) is 4. The molecule has 18 heavy (non-hydrogen) atoms. The van der Waals surface area contributed by atoms with Crippen LogP contribution in [0.4, 0.5) is 5.69 Å². The number of benzene rings is 1. The van der Waals surface area contributed by atoms with Gasteiger partial charge in [-0.15, -0.1) is 11.8 Å². The van der Waals surface area contributed by atoms with Crippen molar-refractivity contribution < 1.29 is 9.90 Å². The van der Waals surface area contributed by atoms with Gasteiger partial charge in [-0.05, 0) is 31.5 Å². The number of thioether (sulfide) groups is 1. The first-order valence-corrected chi connectivity index (χ1v) is 6.88. The van der Waals surface area contributed by atoms with Crippen molar-refractivity contribution in [3.63, 3.8) is 0 Å². The quantitative estimate of drug-likeness (QED) is 0.867.